The van der Waals surface area contributed by atoms with Crippen molar-refractivity contribution in [3.8, 4) is 0 Å². The maximum absolute atomic E-state index is 5.47. The van der Waals surface area contributed by atoms with Crippen LogP contribution in [0.2, 0.25) is 0 Å². The molecule has 27 heavy (non-hydrogen) atoms. The summed E-state index contributed by atoms with van der Waals surface area (Å²) in [7, 11) is 0. The summed E-state index contributed by atoms with van der Waals surface area (Å²) in [6.07, 6.45) is 3.74. The lowest BCUT2D eigenvalue weighted by Crippen LogP contribution is -2.43. The van der Waals surface area contributed by atoms with Crippen LogP contribution in [0.1, 0.15) is 53.9 Å². The lowest BCUT2D eigenvalue weighted by atomic mass is 9.92. The zero-order valence-corrected chi connectivity index (χ0v) is 18.2. The Morgan fingerprint density at radius 2 is 1.59 bits per heavy atom. The van der Waals surface area contributed by atoms with Crippen molar-refractivity contribution in [3.05, 3.63) is 6.07 Å². The van der Waals surface area contributed by atoms with Crippen LogP contribution in [0.3, 0.4) is 0 Å². The highest BCUT2D eigenvalue weighted by Crippen LogP contribution is 2.29. The summed E-state index contributed by atoms with van der Waals surface area (Å²) in [5.41, 5.74) is -0.1000. The molecule has 3 heterocycles. The number of rotatable bonds is 3. The normalized spacial score (nSPS) is 23.4. The summed E-state index contributed by atoms with van der Waals surface area (Å²) >= 11 is 5.47. The monoisotopic (exact) mass is 390 g/mol. The van der Waals surface area contributed by atoms with Crippen molar-refractivity contribution in [2.24, 2.45) is 11.8 Å². The van der Waals surface area contributed by atoms with E-state index in [1.54, 1.807) is 0 Å². The maximum Gasteiger partial charge on any atom is 0.232 e. The molecular weight excluding hydrogens is 356 g/mol. The second kappa shape index (κ2) is 8.17. The third kappa shape index (κ3) is 5.67. The summed E-state index contributed by atoms with van der Waals surface area (Å²) in [6.45, 7) is 15.1. The van der Waals surface area contributed by atoms with Gasteiger partial charge < -0.3 is 20.4 Å². The molecule has 2 saturated heterocycles. The van der Waals surface area contributed by atoms with Gasteiger partial charge in [-0.3, -0.25) is 0 Å². The molecule has 0 aromatic carbocycles. The number of aromatic nitrogens is 2. The zero-order valence-electron chi connectivity index (χ0n) is 17.4. The maximum atomic E-state index is 5.47. The molecule has 1 aromatic rings. The molecule has 2 N–H and O–H groups in total. The van der Waals surface area contributed by atoms with Gasteiger partial charge in [0.15, 0.2) is 5.11 Å². The Balaban J connectivity index is 1.85. The SMILES string of the molecule is C[C@@H]1C[C@H](C)CN(c2cc(N3CCCC3)nc(NC(=S)NC(C)(C)C)n2)C1. The number of thiocarbonyl (C=S) groups is 1. The Morgan fingerprint density at radius 1 is 1.04 bits per heavy atom. The van der Waals surface area contributed by atoms with E-state index >= 15 is 0 Å². The van der Waals surface area contributed by atoms with Crippen molar-refractivity contribution in [2.45, 2.75) is 59.4 Å². The number of nitrogens with zero attached hydrogens (tertiary/aromatic N) is 4. The van der Waals surface area contributed by atoms with E-state index in [4.69, 9.17) is 22.2 Å². The van der Waals surface area contributed by atoms with Gasteiger partial charge >= 0.3 is 0 Å². The van der Waals surface area contributed by atoms with E-state index in [0.29, 0.717) is 22.9 Å². The molecule has 2 fully saturated rings. The van der Waals surface area contributed by atoms with Crippen molar-refractivity contribution < 1.29 is 0 Å². The second-order valence-corrected chi connectivity index (χ2v) is 9.69. The first-order chi connectivity index (χ1) is 12.7. The van der Waals surface area contributed by atoms with Crippen LogP contribution < -0.4 is 20.4 Å². The molecule has 0 bridgehead atoms. The number of anilines is 3. The number of piperidine rings is 1. The van der Waals surface area contributed by atoms with Gasteiger partial charge in [-0.1, -0.05) is 13.8 Å². The molecule has 1 aromatic heterocycles. The van der Waals surface area contributed by atoms with Gasteiger partial charge in [0.05, 0.1) is 0 Å². The van der Waals surface area contributed by atoms with E-state index in [9.17, 15) is 0 Å². The molecule has 2 aliphatic rings. The fourth-order valence-electron chi connectivity index (χ4n) is 4.07. The first-order valence-corrected chi connectivity index (χ1v) is 10.6. The first kappa shape index (κ1) is 20.1. The molecular formula is C20H34N6S. The topological polar surface area (TPSA) is 56.3 Å². The van der Waals surface area contributed by atoms with Gasteiger partial charge in [0.2, 0.25) is 5.95 Å². The highest BCUT2D eigenvalue weighted by Gasteiger charge is 2.25. The largest absolute Gasteiger partial charge is 0.358 e. The smallest absolute Gasteiger partial charge is 0.232 e. The summed E-state index contributed by atoms with van der Waals surface area (Å²) in [6, 6.07) is 2.15. The first-order valence-electron chi connectivity index (χ1n) is 10.2. The minimum Gasteiger partial charge on any atom is -0.358 e. The van der Waals surface area contributed by atoms with Gasteiger partial charge in [-0.05, 0) is 64.1 Å². The molecule has 3 rings (SSSR count). The average Bonchev–Trinajstić information content (AvgIpc) is 3.06. The Morgan fingerprint density at radius 3 is 2.15 bits per heavy atom. The Labute approximate surface area is 169 Å². The predicted octanol–water partition coefficient (Wildman–Crippen LogP) is 3.64. The number of hydrogen-bond donors (Lipinski definition) is 2. The number of hydrogen-bond acceptors (Lipinski definition) is 5. The van der Waals surface area contributed by atoms with E-state index < -0.39 is 0 Å². The van der Waals surface area contributed by atoms with E-state index in [-0.39, 0.29) is 5.54 Å². The predicted molar refractivity (Wildman–Crippen MR) is 118 cm³/mol. The molecule has 0 amide bonds. The average molecular weight is 391 g/mol. The second-order valence-electron chi connectivity index (χ2n) is 9.28. The van der Waals surface area contributed by atoms with Crippen LogP contribution in [-0.4, -0.2) is 46.8 Å². The Bertz CT molecular complexity index is 655. The van der Waals surface area contributed by atoms with Gasteiger partial charge in [-0.25, -0.2) is 0 Å². The lowest BCUT2D eigenvalue weighted by molar-refractivity contribution is 0.355. The van der Waals surface area contributed by atoms with E-state index in [0.717, 1.165) is 37.8 Å². The van der Waals surface area contributed by atoms with Crippen LogP contribution in [0.5, 0.6) is 0 Å². The highest BCUT2D eigenvalue weighted by atomic mass is 32.1. The highest BCUT2D eigenvalue weighted by molar-refractivity contribution is 7.80. The molecule has 0 radical (unpaired) electrons. The minimum atomic E-state index is -0.1000. The zero-order chi connectivity index (χ0) is 19.6. The molecule has 7 heteroatoms. The molecule has 6 nitrogen and oxygen atoms in total. The number of nitrogens with one attached hydrogen (secondary N) is 2. The van der Waals surface area contributed by atoms with E-state index in [1.807, 2.05) is 0 Å². The molecule has 0 aliphatic carbocycles. The third-order valence-electron chi connectivity index (χ3n) is 5.04. The molecule has 0 unspecified atom stereocenters. The van der Waals surface area contributed by atoms with Gasteiger partial charge in [-0.2, -0.15) is 9.97 Å². The van der Waals surface area contributed by atoms with Crippen molar-refractivity contribution in [3.63, 3.8) is 0 Å². The van der Waals surface area contributed by atoms with Crippen LogP contribution in [0.4, 0.5) is 17.6 Å². The van der Waals surface area contributed by atoms with Crippen molar-refractivity contribution in [1.82, 2.24) is 15.3 Å². The van der Waals surface area contributed by atoms with E-state index in [1.165, 1.54) is 19.3 Å². The summed E-state index contributed by atoms with van der Waals surface area (Å²) in [4.78, 5) is 14.3. The van der Waals surface area contributed by atoms with Crippen LogP contribution in [0.15, 0.2) is 6.07 Å². The van der Waals surface area contributed by atoms with Gasteiger partial charge in [0, 0.05) is 37.8 Å². The Hall–Kier alpha value is -1.63. The lowest BCUT2D eigenvalue weighted by Gasteiger charge is -2.36. The van der Waals surface area contributed by atoms with Gasteiger partial charge in [0.1, 0.15) is 11.6 Å². The van der Waals surface area contributed by atoms with Crippen molar-refractivity contribution in [2.75, 3.05) is 41.3 Å². The Kier molecular flexibility index (Phi) is 6.08. The van der Waals surface area contributed by atoms with Crippen molar-refractivity contribution in [1.29, 1.82) is 0 Å². The van der Waals surface area contributed by atoms with Crippen LogP contribution in [-0.2, 0) is 0 Å². The minimum absolute atomic E-state index is 0.1000. The fourth-order valence-corrected chi connectivity index (χ4v) is 4.47. The molecule has 2 aliphatic heterocycles. The molecule has 0 saturated carbocycles. The summed E-state index contributed by atoms with van der Waals surface area (Å²) < 4.78 is 0. The standard InChI is InChI=1S/C20H34N6S/c1-14-10-15(2)13-26(12-14)17-11-16(25-8-6-7-9-25)21-18(22-17)23-19(27)24-20(3,4)5/h11,14-15H,6-10,12-13H2,1-5H3,(H2,21,22,23,24,27)/t14-,15+. The summed E-state index contributed by atoms with van der Waals surface area (Å²) in [5, 5.41) is 7.05. The van der Waals surface area contributed by atoms with Crippen molar-refractivity contribution >= 4 is 34.9 Å². The van der Waals surface area contributed by atoms with Crippen LogP contribution in [0, 0.1) is 11.8 Å². The summed E-state index contributed by atoms with van der Waals surface area (Å²) in [5.74, 6) is 3.95. The van der Waals surface area contributed by atoms with Gasteiger partial charge in [0.25, 0.3) is 0 Å². The van der Waals surface area contributed by atoms with Gasteiger partial charge in [-0.15, -0.1) is 0 Å². The molecule has 150 valence electrons. The van der Waals surface area contributed by atoms with Crippen LogP contribution in [0.25, 0.3) is 0 Å². The quantitative estimate of drug-likeness (QED) is 0.764. The van der Waals surface area contributed by atoms with Crippen LogP contribution >= 0.6 is 12.2 Å². The molecule has 0 spiro atoms. The third-order valence-corrected chi connectivity index (χ3v) is 5.24. The van der Waals surface area contributed by atoms with E-state index in [2.05, 4.69) is 61.1 Å². The molecule has 2 atom stereocenters. The fraction of sp³-hybridized carbons (Fsp3) is 0.750.